The van der Waals surface area contributed by atoms with Crippen molar-refractivity contribution in [1.29, 1.82) is 0 Å². The summed E-state index contributed by atoms with van der Waals surface area (Å²) in [6.07, 6.45) is 1.70. The summed E-state index contributed by atoms with van der Waals surface area (Å²) >= 11 is 1.42. The van der Waals surface area contributed by atoms with Crippen molar-refractivity contribution in [2.45, 2.75) is 0 Å². The number of anilines is 4. The van der Waals surface area contributed by atoms with Crippen LogP contribution >= 0.6 is 11.3 Å². The SMILES string of the molecule is CN(C)c1cnnc(Nc2ccc(NC(=O)c3cccs3)cc2)c1. The van der Waals surface area contributed by atoms with Crippen molar-refractivity contribution < 1.29 is 4.79 Å². The molecule has 24 heavy (non-hydrogen) atoms. The Hall–Kier alpha value is -2.93. The molecule has 2 aromatic heterocycles. The monoisotopic (exact) mass is 339 g/mol. The number of nitrogens with zero attached hydrogens (tertiary/aromatic N) is 3. The molecule has 7 heteroatoms. The second-order valence-electron chi connectivity index (χ2n) is 5.33. The van der Waals surface area contributed by atoms with E-state index in [4.69, 9.17) is 0 Å². The van der Waals surface area contributed by atoms with Gasteiger partial charge in [0, 0.05) is 31.5 Å². The van der Waals surface area contributed by atoms with Gasteiger partial charge in [-0.3, -0.25) is 4.79 Å². The number of carbonyl (C=O) groups is 1. The third kappa shape index (κ3) is 3.88. The highest BCUT2D eigenvalue weighted by atomic mass is 32.1. The number of hydrogen-bond donors (Lipinski definition) is 2. The Labute approximate surface area is 144 Å². The fourth-order valence-corrected chi connectivity index (χ4v) is 2.67. The molecule has 0 bridgehead atoms. The van der Waals surface area contributed by atoms with Gasteiger partial charge in [0.1, 0.15) is 0 Å². The largest absolute Gasteiger partial charge is 0.376 e. The zero-order chi connectivity index (χ0) is 16.9. The van der Waals surface area contributed by atoms with Gasteiger partial charge >= 0.3 is 0 Å². The van der Waals surface area contributed by atoms with Gasteiger partial charge in [-0.2, -0.15) is 5.10 Å². The van der Waals surface area contributed by atoms with Crippen LogP contribution in [0.5, 0.6) is 0 Å². The van der Waals surface area contributed by atoms with Crippen molar-refractivity contribution in [3.05, 3.63) is 58.9 Å². The molecule has 2 heterocycles. The van der Waals surface area contributed by atoms with Gasteiger partial charge in [0.25, 0.3) is 5.91 Å². The van der Waals surface area contributed by atoms with Crippen LogP contribution in [0.1, 0.15) is 9.67 Å². The Kier molecular flexibility index (Phi) is 4.72. The van der Waals surface area contributed by atoms with Crippen molar-refractivity contribution in [2.24, 2.45) is 0 Å². The molecule has 0 atom stereocenters. The lowest BCUT2D eigenvalue weighted by Gasteiger charge is -2.13. The minimum atomic E-state index is -0.102. The Morgan fingerprint density at radius 1 is 1.12 bits per heavy atom. The maximum Gasteiger partial charge on any atom is 0.265 e. The molecular weight excluding hydrogens is 322 g/mol. The molecule has 0 radical (unpaired) electrons. The van der Waals surface area contributed by atoms with E-state index in [0.717, 1.165) is 17.1 Å². The predicted octanol–water partition coefficient (Wildman–Crippen LogP) is 3.60. The quantitative estimate of drug-likeness (QED) is 0.743. The molecule has 6 nitrogen and oxygen atoms in total. The van der Waals surface area contributed by atoms with E-state index in [2.05, 4.69) is 20.8 Å². The number of thiophene rings is 1. The maximum absolute atomic E-state index is 12.0. The summed E-state index contributed by atoms with van der Waals surface area (Å²) in [6, 6.07) is 13.0. The first-order valence-electron chi connectivity index (χ1n) is 7.34. The van der Waals surface area contributed by atoms with Gasteiger partial charge in [-0.05, 0) is 35.7 Å². The number of hydrogen-bond acceptors (Lipinski definition) is 6. The highest BCUT2D eigenvalue weighted by Gasteiger charge is 2.07. The normalized spacial score (nSPS) is 10.2. The minimum absolute atomic E-state index is 0.102. The van der Waals surface area contributed by atoms with Crippen LogP contribution in [-0.4, -0.2) is 30.2 Å². The van der Waals surface area contributed by atoms with Gasteiger partial charge in [0.05, 0.1) is 16.8 Å². The van der Waals surface area contributed by atoms with Gasteiger partial charge < -0.3 is 15.5 Å². The van der Waals surface area contributed by atoms with E-state index in [9.17, 15) is 4.79 Å². The molecule has 0 fully saturated rings. The first kappa shape index (κ1) is 15.9. The molecule has 0 unspecified atom stereocenters. The van der Waals surface area contributed by atoms with Crippen molar-refractivity contribution >= 4 is 40.1 Å². The van der Waals surface area contributed by atoms with E-state index < -0.39 is 0 Å². The molecule has 122 valence electrons. The molecule has 1 amide bonds. The van der Waals surface area contributed by atoms with E-state index in [1.807, 2.05) is 60.8 Å². The molecule has 0 aliphatic heterocycles. The maximum atomic E-state index is 12.0. The summed E-state index contributed by atoms with van der Waals surface area (Å²) in [5.41, 5.74) is 2.58. The lowest BCUT2D eigenvalue weighted by Crippen LogP contribution is -2.10. The van der Waals surface area contributed by atoms with E-state index in [1.165, 1.54) is 11.3 Å². The molecule has 2 N–H and O–H groups in total. The summed E-state index contributed by atoms with van der Waals surface area (Å²) < 4.78 is 0. The summed E-state index contributed by atoms with van der Waals surface area (Å²) in [5.74, 6) is 0.562. The average Bonchev–Trinajstić information content (AvgIpc) is 3.11. The van der Waals surface area contributed by atoms with Gasteiger partial charge in [0.15, 0.2) is 5.82 Å². The standard InChI is InChI=1S/C17H17N5OS/c1-22(2)14-10-16(21-18-11-14)19-12-5-7-13(8-6-12)20-17(23)15-4-3-9-24-15/h3-11H,1-2H3,(H,19,21)(H,20,23). The van der Waals surface area contributed by atoms with E-state index in [0.29, 0.717) is 10.7 Å². The summed E-state index contributed by atoms with van der Waals surface area (Å²) in [5, 5.41) is 16.0. The predicted molar refractivity (Wildman–Crippen MR) is 98.4 cm³/mol. The molecule has 0 aliphatic rings. The summed E-state index contributed by atoms with van der Waals surface area (Å²) in [7, 11) is 3.90. The van der Waals surface area contributed by atoms with Crippen molar-refractivity contribution in [3.63, 3.8) is 0 Å². The Balaban J connectivity index is 1.66. The van der Waals surface area contributed by atoms with Crippen LogP contribution in [0.2, 0.25) is 0 Å². The number of benzene rings is 1. The van der Waals surface area contributed by atoms with Gasteiger partial charge in [-0.1, -0.05) is 6.07 Å². The van der Waals surface area contributed by atoms with Crippen molar-refractivity contribution in [1.82, 2.24) is 10.2 Å². The van der Waals surface area contributed by atoms with Crippen LogP contribution in [0.4, 0.5) is 22.9 Å². The van der Waals surface area contributed by atoms with Crippen molar-refractivity contribution in [3.8, 4) is 0 Å². The summed E-state index contributed by atoms with van der Waals surface area (Å²) in [4.78, 5) is 14.7. The van der Waals surface area contributed by atoms with Gasteiger partial charge in [-0.25, -0.2) is 0 Å². The second-order valence-corrected chi connectivity index (χ2v) is 6.27. The fourth-order valence-electron chi connectivity index (χ4n) is 2.05. The number of amides is 1. The number of aromatic nitrogens is 2. The molecule has 3 rings (SSSR count). The molecular formula is C17H17N5OS. The third-order valence-electron chi connectivity index (χ3n) is 3.32. The smallest absolute Gasteiger partial charge is 0.265 e. The molecule has 1 aromatic carbocycles. The molecule has 0 saturated carbocycles. The topological polar surface area (TPSA) is 70.2 Å². The molecule has 0 spiro atoms. The van der Waals surface area contributed by atoms with Crippen LogP contribution in [0.3, 0.4) is 0 Å². The van der Waals surface area contributed by atoms with Crippen LogP contribution in [0.25, 0.3) is 0 Å². The Bertz CT molecular complexity index is 815. The van der Waals surface area contributed by atoms with E-state index in [1.54, 1.807) is 12.3 Å². The number of carbonyl (C=O) groups excluding carboxylic acids is 1. The first-order valence-corrected chi connectivity index (χ1v) is 8.22. The fraction of sp³-hybridized carbons (Fsp3) is 0.118. The van der Waals surface area contributed by atoms with Gasteiger partial charge in [-0.15, -0.1) is 16.4 Å². The Morgan fingerprint density at radius 2 is 1.88 bits per heavy atom. The molecule has 0 aliphatic carbocycles. The lowest BCUT2D eigenvalue weighted by atomic mass is 10.2. The average molecular weight is 339 g/mol. The van der Waals surface area contributed by atoms with E-state index in [-0.39, 0.29) is 5.91 Å². The minimum Gasteiger partial charge on any atom is -0.376 e. The van der Waals surface area contributed by atoms with Gasteiger partial charge in [0.2, 0.25) is 0 Å². The third-order valence-corrected chi connectivity index (χ3v) is 4.19. The Morgan fingerprint density at radius 3 is 2.54 bits per heavy atom. The van der Waals surface area contributed by atoms with Crippen LogP contribution in [0.15, 0.2) is 54.0 Å². The number of nitrogens with one attached hydrogen (secondary N) is 2. The zero-order valence-corrected chi connectivity index (χ0v) is 14.2. The van der Waals surface area contributed by atoms with E-state index >= 15 is 0 Å². The first-order chi connectivity index (χ1) is 11.6. The highest BCUT2D eigenvalue weighted by Crippen LogP contribution is 2.20. The molecule has 3 aromatic rings. The molecule has 0 saturated heterocycles. The van der Waals surface area contributed by atoms with Crippen molar-refractivity contribution in [2.75, 3.05) is 29.6 Å². The highest BCUT2D eigenvalue weighted by molar-refractivity contribution is 7.12. The van der Waals surface area contributed by atoms with Crippen LogP contribution < -0.4 is 15.5 Å². The summed E-state index contributed by atoms with van der Waals surface area (Å²) in [6.45, 7) is 0. The number of rotatable bonds is 5. The lowest BCUT2D eigenvalue weighted by molar-refractivity contribution is 0.103. The zero-order valence-electron chi connectivity index (χ0n) is 13.4. The van der Waals surface area contributed by atoms with Crippen LogP contribution in [-0.2, 0) is 0 Å². The van der Waals surface area contributed by atoms with Crippen LogP contribution in [0, 0.1) is 0 Å². The second kappa shape index (κ2) is 7.10.